The number of esters is 1. The van der Waals surface area contributed by atoms with E-state index in [0.29, 0.717) is 18.8 Å². The first-order chi connectivity index (χ1) is 21.0. The molecule has 3 aromatic carbocycles. The molecule has 5 heteroatoms. The molecule has 0 amide bonds. The van der Waals surface area contributed by atoms with Crippen molar-refractivity contribution in [2.75, 3.05) is 13.2 Å². The molecule has 0 saturated heterocycles. The van der Waals surface area contributed by atoms with Crippen molar-refractivity contribution in [2.45, 2.75) is 90.9 Å². The summed E-state index contributed by atoms with van der Waals surface area (Å²) in [5, 5.41) is 1.02. The first-order valence-corrected chi connectivity index (χ1v) is 16.9. The van der Waals surface area contributed by atoms with Gasteiger partial charge in [0.25, 0.3) is 0 Å². The normalized spacial score (nSPS) is 11.1. The lowest BCUT2D eigenvalue weighted by Gasteiger charge is -2.07. The van der Waals surface area contributed by atoms with Crippen LogP contribution in [0.3, 0.4) is 0 Å². The van der Waals surface area contributed by atoms with Crippen LogP contribution in [0.25, 0.3) is 31.9 Å². The lowest BCUT2D eigenvalue weighted by Crippen LogP contribution is -2.06. The van der Waals surface area contributed by atoms with Crippen molar-refractivity contribution < 1.29 is 14.3 Å². The molecule has 1 heterocycles. The third-order valence-corrected chi connectivity index (χ3v) is 8.80. The predicted octanol–water partition coefficient (Wildman–Crippen LogP) is 11.0. The molecule has 4 nitrogen and oxygen atoms in total. The zero-order valence-electron chi connectivity index (χ0n) is 26.0. The van der Waals surface area contributed by atoms with Gasteiger partial charge in [0.2, 0.25) is 0 Å². The van der Waals surface area contributed by atoms with Crippen molar-refractivity contribution >= 4 is 27.5 Å². The Labute approximate surface area is 262 Å². The van der Waals surface area contributed by atoms with Gasteiger partial charge in [0, 0.05) is 11.1 Å². The second kappa shape index (κ2) is 17.6. The molecule has 4 rings (SSSR count). The second-order valence-corrected chi connectivity index (χ2v) is 12.5. The predicted molar refractivity (Wildman–Crippen MR) is 182 cm³/mol. The Bertz CT molecular complexity index is 1420. The molecule has 0 atom stereocenters. The Morgan fingerprint density at radius 1 is 0.744 bits per heavy atom. The van der Waals surface area contributed by atoms with Gasteiger partial charge in [-0.05, 0) is 98.5 Å². The number of aromatic nitrogens is 1. The Morgan fingerprint density at radius 3 is 2.09 bits per heavy atom. The monoisotopic (exact) mass is 597 g/mol. The molecule has 0 aliphatic heterocycles. The van der Waals surface area contributed by atoms with Gasteiger partial charge in [-0.15, -0.1) is 11.3 Å². The number of fused-ring (bicyclic) bond motifs is 1. The van der Waals surface area contributed by atoms with E-state index in [1.165, 1.54) is 72.8 Å². The van der Waals surface area contributed by atoms with E-state index in [2.05, 4.69) is 68.1 Å². The number of carbonyl (C=O) groups excluding carboxylic acids is 1. The van der Waals surface area contributed by atoms with Gasteiger partial charge < -0.3 is 9.47 Å². The van der Waals surface area contributed by atoms with Gasteiger partial charge in [0.1, 0.15) is 10.8 Å². The van der Waals surface area contributed by atoms with Crippen LogP contribution >= 0.6 is 11.3 Å². The zero-order chi connectivity index (χ0) is 30.3. The number of rotatable bonds is 19. The highest BCUT2D eigenvalue weighted by molar-refractivity contribution is 7.21. The summed E-state index contributed by atoms with van der Waals surface area (Å²) in [5.74, 6) is 0.565. The van der Waals surface area contributed by atoms with Crippen molar-refractivity contribution in [3.05, 3.63) is 84.4 Å². The summed E-state index contributed by atoms with van der Waals surface area (Å²) in [6.07, 6.45) is 14.5. The third-order valence-electron chi connectivity index (χ3n) is 7.74. The van der Waals surface area contributed by atoms with Gasteiger partial charge >= 0.3 is 5.97 Å². The third kappa shape index (κ3) is 10.7. The minimum Gasteiger partial charge on any atom is -0.494 e. The molecule has 0 saturated carbocycles. The molecule has 0 radical (unpaired) electrons. The van der Waals surface area contributed by atoms with Crippen LogP contribution in [0.1, 0.15) is 90.0 Å². The average Bonchev–Trinajstić information content (AvgIpc) is 3.46. The van der Waals surface area contributed by atoms with E-state index in [-0.39, 0.29) is 5.97 Å². The van der Waals surface area contributed by atoms with Crippen LogP contribution in [0.5, 0.6) is 5.75 Å². The van der Waals surface area contributed by atoms with Crippen LogP contribution < -0.4 is 4.74 Å². The highest BCUT2D eigenvalue weighted by Crippen LogP contribution is 2.34. The van der Waals surface area contributed by atoms with Crippen molar-refractivity contribution in [3.8, 4) is 27.4 Å². The summed E-state index contributed by atoms with van der Waals surface area (Å²) in [6.45, 7) is 8.66. The maximum Gasteiger partial charge on any atom is 0.333 e. The molecular weight excluding hydrogens is 550 g/mol. The van der Waals surface area contributed by atoms with E-state index in [9.17, 15) is 4.79 Å². The van der Waals surface area contributed by atoms with Crippen molar-refractivity contribution in [1.82, 2.24) is 4.98 Å². The fourth-order valence-electron chi connectivity index (χ4n) is 5.11. The lowest BCUT2D eigenvalue weighted by atomic mass is 10.0. The van der Waals surface area contributed by atoms with Crippen LogP contribution in [0.15, 0.2) is 78.9 Å². The summed E-state index contributed by atoms with van der Waals surface area (Å²) in [5.41, 5.74) is 6.52. The van der Waals surface area contributed by atoms with Crippen LogP contribution in [0.2, 0.25) is 0 Å². The summed E-state index contributed by atoms with van der Waals surface area (Å²) < 4.78 is 12.3. The number of nitrogens with zero attached hydrogens (tertiary/aromatic N) is 1. The number of carbonyl (C=O) groups is 1. The molecule has 4 aromatic rings. The molecule has 1 aromatic heterocycles. The van der Waals surface area contributed by atoms with Gasteiger partial charge in [-0.2, -0.15) is 0 Å². The fraction of sp³-hybridized carbons (Fsp3) is 0.421. The largest absolute Gasteiger partial charge is 0.494 e. The van der Waals surface area contributed by atoms with Crippen molar-refractivity contribution in [3.63, 3.8) is 0 Å². The topological polar surface area (TPSA) is 48.4 Å². The Balaban J connectivity index is 1.21. The number of hydrogen-bond donors (Lipinski definition) is 0. The van der Waals surface area contributed by atoms with Crippen LogP contribution in [0.4, 0.5) is 0 Å². The van der Waals surface area contributed by atoms with Gasteiger partial charge in [0.05, 0.1) is 23.4 Å². The van der Waals surface area contributed by atoms with Crippen molar-refractivity contribution in [1.29, 1.82) is 0 Å². The number of thiazole rings is 1. The smallest absolute Gasteiger partial charge is 0.333 e. The highest BCUT2D eigenvalue weighted by atomic mass is 32.1. The molecule has 0 aliphatic rings. The number of unbranched alkanes of at least 4 members (excludes halogenated alkanes) is 9. The highest BCUT2D eigenvalue weighted by Gasteiger charge is 2.09. The zero-order valence-corrected chi connectivity index (χ0v) is 26.9. The fourth-order valence-corrected chi connectivity index (χ4v) is 6.12. The number of aryl methyl sites for hydroxylation is 1. The van der Waals surface area contributed by atoms with E-state index < -0.39 is 0 Å². The van der Waals surface area contributed by atoms with E-state index >= 15 is 0 Å². The summed E-state index contributed by atoms with van der Waals surface area (Å²) in [4.78, 5) is 16.3. The Hall–Kier alpha value is -3.44. The minimum absolute atomic E-state index is 0.308. The molecule has 0 N–H and O–H groups in total. The maximum absolute atomic E-state index is 11.4. The average molecular weight is 598 g/mol. The minimum atomic E-state index is -0.308. The number of hydrogen-bond acceptors (Lipinski definition) is 5. The van der Waals surface area contributed by atoms with Crippen LogP contribution in [-0.2, 0) is 16.0 Å². The van der Waals surface area contributed by atoms with Crippen LogP contribution in [-0.4, -0.2) is 24.2 Å². The molecular formula is C38H47NO3S. The lowest BCUT2D eigenvalue weighted by molar-refractivity contribution is -0.139. The van der Waals surface area contributed by atoms with E-state index in [0.717, 1.165) is 47.5 Å². The number of benzene rings is 3. The van der Waals surface area contributed by atoms with Gasteiger partial charge in [-0.25, -0.2) is 9.78 Å². The number of ether oxygens (including phenoxy) is 2. The first-order valence-electron chi connectivity index (χ1n) is 16.1. The molecule has 0 bridgehead atoms. The molecule has 0 unspecified atom stereocenters. The Morgan fingerprint density at radius 2 is 1.37 bits per heavy atom. The van der Waals surface area contributed by atoms with Crippen LogP contribution in [0, 0.1) is 0 Å². The summed E-state index contributed by atoms with van der Waals surface area (Å²) >= 11 is 1.73. The molecule has 43 heavy (non-hydrogen) atoms. The molecule has 228 valence electrons. The van der Waals surface area contributed by atoms with Gasteiger partial charge in [-0.3, -0.25) is 0 Å². The van der Waals surface area contributed by atoms with E-state index in [4.69, 9.17) is 14.5 Å². The van der Waals surface area contributed by atoms with E-state index in [1.807, 2.05) is 12.1 Å². The maximum atomic E-state index is 11.4. The molecule has 0 fully saturated rings. The first kappa shape index (κ1) is 32.5. The second-order valence-electron chi connectivity index (χ2n) is 11.5. The molecule has 0 aliphatic carbocycles. The Kier molecular flexibility index (Phi) is 13.3. The quantitative estimate of drug-likeness (QED) is 0.0613. The van der Waals surface area contributed by atoms with Gasteiger partial charge in [0.15, 0.2) is 0 Å². The summed E-state index contributed by atoms with van der Waals surface area (Å²) in [7, 11) is 0. The van der Waals surface area contributed by atoms with Crippen molar-refractivity contribution in [2.24, 2.45) is 0 Å². The SMILES string of the molecule is C=C(C)C(=O)OCCCCCCOc1ccc(-c2nc3ccc(-c4ccc(CCCCCCCCC)cc4)cc3s2)cc1. The van der Waals surface area contributed by atoms with Gasteiger partial charge in [-0.1, -0.05) is 82.4 Å². The summed E-state index contributed by atoms with van der Waals surface area (Å²) in [6, 6.07) is 23.9. The standard InChI is InChI=1S/C38H47NO3S/c1-4-5-6-7-8-9-12-15-30-16-18-31(19-17-30)33-22-25-35-36(28-33)43-37(39-35)32-20-23-34(24-21-32)41-26-13-10-11-14-27-42-38(40)29(2)3/h16-25,28H,2,4-15,26-27H2,1,3H3. The van der Waals surface area contributed by atoms with E-state index in [1.54, 1.807) is 18.3 Å². The molecule has 0 spiro atoms.